The number of nitrogens with one attached hydrogen (secondary N) is 1. The van der Waals surface area contributed by atoms with Crippen LogP contribution in [0.1, 0.15) is 39.7 Å². The summed E-state index contributed by atoms with van der Waals surface area (Å²) < 4.78 is 15.5. The SMILES string of the molecule is COC(=O)c1c(NC(=O)C=Cc2ccc(OC)cc2OC)sc2c1CCC(C)C2. The molecule has 0 spiro atoms. The molecule has 1 amide bonds. The first-order valence-electron chi connectivity index (χ1n) is 9.40. The summed E-state index contributed by atoms with van der Waals surface area (Å²) >= 11 is 1.46. The molecule has 154 valence electrons. The molecule has 0 radical (unpaired) electrons. The second kappa shape index (κ2) is 9.13. The standard InChI is InChI=1S/C22H25NO5S/c1-13-5-9-16-18(11-13)29-21(20(16)22(25)28-4)23-19(24)10-7-14-6-8-15(26-2)12-17(14)27-3/h6-8,10,12-13H,5,9,11H2,1-4H3,(H,23,24). The Morgan fingerprint density at radius 3 is 2.69 bits per heavy atom. The zero-order chi connectivity index (χ0) is 21.0. The Bertz CT molecular complexity index is 947. The number of methoxy groups -OCH3 is 3. The molecule has 1 heterocycles. The Morgan fingerprint density at radius 1 is 1.21 bits per heavy atom. The number of carbonyl (C=O) groups excluding carboxylic acids is 2. The average Bonchev–Trinajstić information content (AvgIpc) is 3.08. The number of fused-ring (bicyclic) bond motifs is 1. The van der Waals surface area contributed by atoms with E-state index in [1.54, 1.807) is 32.4 Å². The van der Waals surface area contributed by atoms with Gasteiger partial charge in [-0.05, 0) is 49.0 Å². The molecular weight excluding hydrogens is 390 g/mol. The van der Waals surface area contributed by atoms with Crippen molar-refractivity contribution in [3.63, 3.8) is 0 Å². The maximum Gasteiger partial charge on any atom is 0.341 e. The van der Waals surface area contributed by atoms with E-state index in [0.29, 0.717) is 28.0 Å². The number of esters is 1. The van der Waals surface area contributed by atoms with E-state index in [4.69, 9.17) is 14.2 Å². The third-order valence-electron chi connectivity index (χ3n) is 4.99. The van der Waals surface area contributed by atoms with Gasteiger partial charge in [0, 0.05) is 22.6 Å². The number of ether oxygens (including phenoxy) is 3. The smallest absolute Gasteiger partial charge is 0.341 e. The van der Waals surface area contributed by atoms with E-state index >= 15 is 0 Å². The average molecular weight is 416 g/mol. The van der Waals surface area contributed by atoms with Gasteiger partial charge in [0.2, 0.25) is 5.91 Å². The molecule has 1 N–H and O–H groups in total. The van der Waals surface area contributed by atoms with Gasteiger partial charge in [0.05, 0.1) is 26.9 Å². The molecular formula is C22H25NO5S. The van der Waals surface area contributed by atoms with Crippen LogP contribution in [0.2, 0.25) is 0 Å². The lowest BCUT2D eigenvalue weighted by Gasteiger charge is -2.18. The van der Waals surface area contributed by atoms with Gasteiger partial charge in [0.15, 0.2) is 0 Å². The van der Waals surface area contributed by atoms with Gasteiger partial charge in [0.25, 0.3) is 0 Å². The lowest BCUT2D eigenvalue weighted by Crippen LogP contribution is -2.14. The zero-order valence-electron chi connectivity index (χ0n) is 17.0. The minimum atomic E-state index is -0.409. The molecule has 7 heteroatoms. The van der Waals surface area contributed by atoms with E-state index in [1.165, 1.54) is 24.5 Å². The Morgan fingerprint density at radius 2 is 2.00 bits per heavy atom. The first kappa shape index (κ1) is 20.9. The highest BCUT2D eigenvalue weighted by Gasteiger charge is 2.28. The second-order valence-electron chi connectivity index (χ2n) is 6.98. The van der Waals surface area contributed by atoms with Crippen molar-refractivity contribution in [3.8, 4) is 11.5 Å². The Hall–Kier alpha value is -2.80. The molecule has 29 heavy (non-hydrogen) atoms. The number of hydrogen-bond donors (Lipinski definition) is 1. The number of rotatable bonds is 6. The molecule has 2 aromatic rings. The molecule has 1 aliphatic rings. The number of anilines is 1. The summed E-state index contributed by atoms with van der Waals surface area (Å²) in [5.74, 6) is 1.11. The summed E-state index contributed by atoms with van der Waals surface area (Å²) in [4.78, 5) is 26.0. The predicted octanol–water partition coefficient (Wildman–Crippen LogP) is 4.33. The maximum absolute atomic E-state index is 12.5. The van der Waals surface area contributed by atoms with Crippen LogP contribution >= 0.6 is 11.3 Å². The Balaban J connectivity index is 1.82. The van der Waals surface area contributed by atoms with Gasteiger partial charge in [0.1, 0.15) is 16.5 Å². The van der Waals surface area contributed by atoms with Crippen molar-refractivity contribution in [2.75, 3.05) is 26.6 Å². The summed E-state index contributed by atoms with van der Waals surface area (Å²) in [6, 6.07) is 5.36. The topological polar surface area (TPSA) is 73.9 Å². The quantitative estimate of drug-likeness (QED) is 0.562. The Kier molecular flexibility index (Phi) is 6.59. The molecule has 0 saturated carbocycles. The van der Waals surface area contributed by atoms with Crippen LogP contribution < -0.4 is 14.8 Å². The van der Waals surface area contributed by atoms with Crippen molar-refractivity contribution in [3.05, 3.63) is 45.8 Å². The van der Waals surface area contributed by atoms with E-state index in [1.807, 2.05) is 6.07 Å². The minimum absolute atomic E-state index is 0.320. The summed E-state index contributed by atoms with van der Waals surface area (Å²) in [6.07, 6.45) is 5.86. The van der Waals surface area contributed by atoms with Gasteiger partial charge >= 0.3 is 5.97 Å². The van der Waals surface area contributed by atoms with E-state index in [-0.39, 0.29) is 5.91 Å². The van der Waals surface area contributed by atoms with Crippen LogP contribution in [0, 0.1) is 5.92 Å². The third-order valence-corrected chi connectivity index (χ3v) is 6.16. The molecule has 1 unspecified atom stereocenters. The van der Waals surface area contributed by atoms with E-state index in [2.05, 4.69) is 12.2 Å². The van der Waals surface area contributed by atoms with Crippen LogP contribution in [-0.4, -0.2) is 33.2 Å². The Labute approximate surface area is 174 Å². The minimum Gasteiger partial charge on any atom is -0.497 e. The van der Waals surface area contributed by atoms with E-state index < -0.39 is 5.97 Å². The normalized spacial score (nSPS) is 15.7. The van der Waals surface area contributed by atoms with Gasteiger partial charge in [-0.2, -0.15) is 0 Å². The molecule has 1 aromatic carbocycles. The highest BCUT2D eigenvalue weighted by Crippen LogP contribution is 2.40. The van der Waals surface area contributed by atoms with Gasteiger partial charge in [-0.15, -0.1) is 11.3 Å². The van der Waals surface area contributed by atoms with Crippen LogP contribution in [0.5, 0.6) is 11.5 Å². The molecule has 1 aromatic heterocycles. The fourth-order valence-corrected chi connectivity index (χ4v) is 4.83. The largest absolute Gasteiger partial charge is 0.497 e. The molecule has 3 rings (SSSR count). The van der Waals surface area contributed by atoms with Gasteiger partial charge in [-0.25, -0.2) is 4.79 Å². The summed E-state index contributed by atoms with van der Waals surface area (Å²) in [7, 11) is 4.50. The van der Waals surface area contributed by atoms with Crippen LogP contribution in [0.3, 0.4) is 0 Å². The number of hydrogen-bond acceptors (Lipinski definition) is 6. The first-order valence-corrected chi connectivity index (χ1v) is 10.2. The molecule has 0 aliphatic heterocycles. The number of benzene rings is 1. The van der Waals surface area contributed by atoms with Crippen molar-refractivity contribution in [2.24, 2.45) is 5.92 Å². The van der Waals surface area contributed by atoms with Crippen LogP contribution in [0.4, 0.5) is 5.00 Å². The summed E-state index contributed by atoms with van der Waals surface area (Å²) in [6.45, 7) is 2.20. The van der Waals surface area contributed by atoms with Crippen molar-refractivity contribution in [1.29, 1.82) is 0 Å². The predicted molar refractivity (Wildman–Crippen MR) is 114 cm³/mol. The molecule has 1 aliphatic carbocycles. The lowest BCUT2D eigenvalue weighted by molar-refractivity contribution is -0.111. The second-order valence-corrected chi connectivity index (χ2v) is 8.08. The number of carbonyl (C=O) groups is 2. The molecule has 6 nitrogen and oxygen atoms in total. The van der Waals surface area contributed by atoms with E-state index in [0.717, 1.165) is 35.3 Å². The zero-order valence-corrected chi connectivity index (χ0v) is 17.9. The van der Waals surface area contributed by atoms with Crippen LogP contribution in [0.25, 0.3) is 6.08 Å². The molecule has 0 bridgehead atoms. The van der Waals surface area contributed by atoms with Gasteiger partial charge in [-0.1, -0.05) is 6.92 Å². The molecule has 0 saturated heterocycles. The van der Waals surface area contributed by atoms with E-state index in [9.17, 15) is 9.59 Å². The van der Waals surface area contributed by atoms with Gasteiger partial charge in [-0.3, -0.25) is 4.79 Å². The molecule has 1 atom stereocenters. The fourth-order valence-electron chi connectivity index (χ4n) is 3.43. The van der Waals surface area contributed by atoms with Crippen LogP contribution in [-0.2, 0) is 22.4 Å². The fraction of sp³-hybridized carbons (Fsp3) is 0.364. The van der Waals surface area contributed by atoms with Gasteiger partial charge < -0.3 is 19.5 Å². The lowest BCUT2D eigenvalue weighted by atomic mass is 9.88. The highest BCUT2D eigenvalue weighted by molar-refractivity contribution is 7.17. The first-order chi connectivity index (χ1) is 14.0. The van der Waals surface area contributed by atoms with Crippen molar-refractivity contribution < 1.29 is 23.8 Å². The summed E-state index contributed by atoms with van der Waals surface area (Å²) in [5, 5.41) is 3.40. The van der Waals surface area contributed by atoms with Crippen molar-refractivity contribution in [1.82, 2.24) is 0 Å². The van der Waals surface area contributed by atoms with Crippen LogP contribution in [0.15, 0.2) is 24.3 Å². The maximum atomic E-state index is 12.5. The monoisotopic (exact) mass is 415 g/mol. The highest BCUT2D eigenvalue weighted by atomic mass is 32.1. The van der Waals surface area contributed by atoms with Crippen molar-refractivity contribution in [2.45, 2.75) is 26.2 Å². The van der Waals surface area contributed by atoms with Crippen molar-refractivity contribution >= 4 is 34.3 Å². The molecule has 0 fully saturated rings. The number of thiophene rings is 1. The third kappa shape index (κ3) is 4.62. The number of amides is 1. The summed E-state index contributed by atoms with van der Waals surface area (Å²) in [5.41, 5.74) is 2.25.